The summed E-state index contributed by atoms with van der Waals surface area (Å²) in [6.07, 6.45) is 3.77. The average Bonchev–Trinajstić information content (AvgIpc) is 2.90. The fourth-order valence-electron chi connectivity index (χ4n) is 3.52. The van der Waals surface area contributed by atoms with Crippen LogP contribution >= 0.6 is 0 Å². The molecule has 3 aromatic carbocycles. The van der Waals surface area contributed by atoms with Gasteiger partial charge in [-0.25, -0.2) is 0 Å². The Hall–Kier alpha value is -2.35. The van der Waals surface area contributed by atoms with Gasteiger partial charge in [0, 0.05) is 26.3 Å². The van der Waals surface area contributed by atoms with E-state index in [2.05, 4.69) is 84.5 Å². The van der Waals surface area contributed by atoms with Crippen molar-refractivity contribution in [2.24, 2.45) is 0 Å². The van der Waals surface area contributed by atoms with Gasteiger partial charge in [-0.15, -0.1) is 35.9 Å². The Labute approximate surface area is 233 Å². The van der Waals surface area contributed by atoms with E-state index < -0.39 is 0 Å². The number of pyridine rings is 2. The van der Waals surface area contributed by atoms with Crippen molar-refractivity contribution in [2.45, 2.75) is 13.8 Å². The number of nitrogens with zero attached hydrogens (tertiary/aromatic N) is 2. The molecule has 0 atom stereocenters. The first-order valence-corrected chi connectivity index (χ1v) is 14.4. The van der Waals surface area contributed by atoms with Gasteiger partial charge in [-0.3, -0.25) is 0 Å². The number of hydrogen-bond donors (Lipinski definition) is 0. The van der Waals surface area contributed by atoms with Crippen LogP contribution in [-0.2, 0) is 20.1 Å². The monoisotopic (exact) mass is 763 g/mol. The number of benzene rings is 3. The van der Waals surface area contributed by atoms with E-state index in [0.29, 0.717) is 29.9 Å². The number of rotatable bonds is 2. The molecule has 0 amide bonds. The van der Waals surface area contributed by atoms with Crippen molar-refractivity contribution in [1.29, 1.82) is 0 Å². The summed E-state index contributed by atoms with van der Waals surface area (Å²) in [6, 6.07) is 35.8. The molecule has 175 valence electrons. The average molecular weight is 761 g/mol. The molecule has 0 fully saturated rings. The molecule has 3 heterocycles. The molecule has 1 aliphatic heterocycles. The fraction of sp³-hybridized carbons (Fsp3) is 0.0667. The van der Waals surface area contributed by atoms with E-state index in [4.69, 9.17) is 0 Å². The van der Waals surface area contributed by atoms with Crippen LogP contribution in [-0.4, -0.2) is 39.9 Å². The Balaban J connectivity index is 0.000000171. The van der Waals surface area contributed by atoms with Crippen LogP contribution in [0.25, 0.3) is 22.5 Å². The molecule has 5 aromatic rings. The third-order valence-corrected chi connectivity index (χ3v) is 11.7. The Morgan fingerprint density at radius 3 is 2.14 bits per heavy atom. The van der Waals surface area contributed by atoms with Crippen LogP contribution in [0.1, 0.15) is 11.1 Å². The van der Waals surface area contributed by atoms with E-state index in [0.717, 1.165) is 17.0 Å². The molecule has 0 bridgehead atoms. The topological polar surface area (TPSA) is 25.8 Å². The summed E-state index contributed by atoms with van der Waals surface area (Å²) in [5, 5.41) is 0. The number of hydrogen-bond acceptors (Lipinski definition) is 2. The number of aryl methyl sites for hydroxylation is 2. The normalized spacial score (nSPS) is 11.3. The van der Waals surface area contributed by atoms with E-state index in [9.17, 15) is 0 Å². The van der Waals surface area contributed by atoms with E-state index in [1.54, 1.807) is 0 Å². The molecule has 2 nitrogen and oxygen atoms in total. The third kappa shape index (κ3) is 6.08. The van der Waals surface area contributed by atoms with Gasteiger partial charge in [0.15, 0.2) is 0 Å². The van der Waals surface area contributed by atoms with Gasteiger partial charge < -0.3 is 4.98 Å². The van der Waals surface area contributed by atoms with Crippen LogP contribution in [0.15, 0.2) is 97.3 Å². The standard InChI is InChI=1S/C17H10NSe2.C13H12N.Ir/c1-2-9-15-14(8-1)19-16-10-5-6-12(17(16)20-15)13-7-3-4-11-18-13;1-10-8-13(14-9-11(10)2)12-6-4-3-5-7-12;/h1-5,7-11H;3-6,8-9H,1-2H3;/q2*-1;. The minimum absolute atomic E-state index is 0. The van der Waals surface area contributed by atoms with Gasteiger partial charge in [0.05, 0.1) is 0 Å². The molecule has 1 radical (unpaired) electrons. The second-order valence-corrected chi connectivity index (χ2v) is 12.3. The second kappa shape index (κ2) is 12.1. The van der Waals surface area contributed by atoms with Crippen molar-refractivity contribution in [2.75, 3.05) is 0 Å². The molecule has 6 rings (SSSR count). The van der Waals surface area contributed by atoms with Crippen LogP contribution in [0.5, 0.6) is 0 Å². The van der Waals surface area contributed by atoms with Crippen molar-refractivity contribution in [3.8, 4) is 22.5 Å². The van der Waals surface area contributed by atoms with Crippen LogP contribution in [0.4, 0.5) is 0 Å². The van der Waals surface area contributed by atoms with Gasteiger partial charge in [0.1, 0.15) is 0 Å². The van der Waals surface area contributed by atoms with E-state index in [-0.39, 0.29) is 20.1 Å². The third-order valence-electron chi connectivity index (χ3n) is 5.47. The zero-order valence-electron chi connectivity index (χ0n) is 19.3. The van der Waals surface area contributed by atoms with Crippen molar-refractivity contribution in [3.05, 3.63) is 121 Å². The van der Waals surface area contributed by atoms with E-state index >= 15 is 0 Å². The molecule has 1 aliphatic rings. The Morgan fingerprint density at radius 2 is 1.43 bits per heavy atom. The Morgan fingerprint density at radius 1 is 0.657 bits per heavy atom. The summed E-state index contributed by atoms with van der Waals surface area (Å²) in [4.78, 5) is 8.88. The summed E-state index contributed by atoms with van der Waals surface area (Å²) >= 11 is 0.765. The van der Waals surface area contributed by atoms with E-state index in [1.165, 1.54) is 34.5 Å². The zero-order valence-corrected chi connectivity index (χ0v) is 25.1. The molecule has 5 heteroatoms. The molecule has 0 unspecified atom stereocenters. The fourth-order valence-corrected chi connectivity index (χ4v) is 9.22. The zero-order chi connectivity index (χ0) is 23.3. The van der Waals surface area contributed by atoms with Gasteiger partial charge in [-0.2, -0.15) is 0 Å². The molecule has 35 heavy (non-hydrogen) atoms. The molecule has 2 aromatic heterocycles. The molecule has 0 saturated carbocycles. The van der Waals surface area contributed by atoms with Gasteiger partial charge in [-0.05, 0) is 25.1 Å². The number of aromatic nitrogens is 2. The predicted octanol–water partition coefficient (Wildman–Crippen LogP) is 3.34. The molecule has 0 N–H and O–H groups in total. The first-order valence-electron chi connectivity index (χ1n) is 11.0. The van der Waals surface area contributed by atoms with Gasteiger partial charge in [0.25, 0.3) is 0 Å². The second-order valence-electron chi connectivity index (χ2n) is 7.84. The van der Waals surface area contributed by atoms with Crippen LogP contribution < -0.4 is 17.8 Å². The van der Waals surface area contributed by atoms with Gasteiger partial charge in [-0.1, -0.05) is 11.6 Å². The van der Waals surface area contributed by atoms with Crippen molar-refractivity contribution in [3.63, 3.8) is 0 Å². The van der Waals surface area contributed by atoms with Crippen LogP contribution in [0, 0.1) is 26.0 Å². The van der Waals surface area contributed by atoms with Gasteiger partial charge in [0.2, 0.25) is 0 Å². The molecular formula is C30H22IrN2Se2-2. The van der Waals surface area contributed by atoms with Gasteiger partial charge >= 0.3 is 131 Å². The predicted molar refractivity (Wildman–Crippen MR) is 143 cm³/mol. The van der Waals surface area contributed by atoms with Crippen LogP contribution in [0.2, 0.25) is 0 Å². The minimum atomic E-state index is 0. The first-order chi connectivity index (χ1) is 16.7. The van der Waals surface area contributed by atoms with Crippen molar-refractivity contribution in [1.82, 2.24) is 9.97 Å². The van der Waals surface area contributed by atoms with Crippen molar-refractivity contribution >= 4 is 47.8 Å². The van der Waals surface area contributed by atoms with Crippen molar-refractivity contribution < 1.29 is 20.1 Å². The molecule has 0 saturated heterocycles. The first kappa shape index (κ1) is 25.7. The molecule has 0 aliphatic carbocycles. The molecule has 0 spiro atoms. The summed E-state index contributed by atoms with van der Waals surface area (Å²) in [5.74, 6) is 0. The summed E-state index contributed by atoms with van der Waals surface area (Å²) in [6.45, 7) is 4.17. The summed E-state index contributed by atoms with van der Waals surface area (Å²) in [5.41, 5.74) is 6.78. The Bertz CT molecular complexity index is 1420. The maximum absolute atomic E-state index is 4.50. The van der Waals surface area contributed by atoms with E-state index in [1.807, 2.05) is 48.8 Å². The Kier molecular flexibility index (Phi) is 8.87. The quantitative estimate of drug-likeness (QED) is 0.200. The van der Waals surface area contributed by atoms with Crippen LogP contribution in [0.3, 0.4) is 0 Å². The summed E-state index contributed by atoms with van der Waals surface area (Å²) < 4.78 is 6.02. The maximum atomic E-state index is 4.50. The number of fused-ring (bicyclic) bond motifs is 2. The SMILES string of the molecule is Cc1cnc(-c2[c-]cccc2)cc1C.[Ir].[c-]1ccc2c(c1-c1ccccn1)[Se]c1ccccc1[Se]2. The molecular weight excluding hydrogens is 738 g/mol. The summed E-state index contributed by atoms with van der Waals surface area (Å²) in [7, 11) is 0.